The standard InChI is InChI=1S/C18H27FN7O10P/c1-8(2)35-16(31)10(4)23-37(33,22-9(3)15(29)30)34-7-18(24-25-20)13(28)12(19)14(36-18)26-6-5-11(27)21-17(26)32/h5-6,8-10,12-14,28H,7H2,1-4H3,(H,29,30)(H,21,27,32)(H2,22,23,33)/t9-,10+,12-,13+,14-,18-,37?/m0/s1. The lowest BCUT2D eigenvalue weighted by Gasteiger charge is -2.30. The van der Waals surface area contributed by atoms with Crippen LogP contribution in [-0.2, 0) is 28.2 Å². The van der Waals surface area contributed by atoms with E-state index in [2.05, 4.69) is 20.2 Å². The van der Waals surface area contributed by atoms with Crippen LogP contribution in [0.3, 0.4) is 0 Å². The van der Waals surface area contributed by atoms with Gasteiger partial charge in [-0.2, -0.15) is 0 Å². The average molecular weight is 551 g/mol. The first-order valence-corrected chi connectivity index (χ1v) is 12.4. The molecular weight excluding hydrogens is 524 g/mol. The van der Waals surface area contributed by atoms with E-state index in [9.17, 15) is 34.0 Å². The minimum Gasteiger partial charge on any atom is -0.480 e. The number of carbonyl (C=O) groups is 2. The smallest absolute Gasteiger partial charge is 0.342 e. The molecule has 2 heterocycles. The predicted octanol–water partition coefficient (Wildman–Crippen LogP) is -0.112. The molecule has 5 N–H and O–H groups in total. The van der Waals surface area contributed by atoms with Crippen LogP contribution in [0.1, 0.15) is 33.9 Å². The molecule has 19 heteroatoms. The third kappa shape index (κ3) is 7.23. The van der Waals surface area contributed by atoms with Crippen LogP contribution in [0, 0.1) is 0 Å². The predicted molar refractivity (Wildman–Crippen MR) is 122 cm³/mol. The van der Waals surface area contributed by atoms with Crippen molar-refractivity contribution < 1.29 is 42.8 Å². The Labute approximate surface area is 208 Å². The van der Waals surface area contributed by atoms with E-state index in [1.165, 1.54) is 6.92 Å². The number of nitrogens with one attached hydrogen (secondary N) is 3. The van der Waals surface area contributed by atoms with Crippen molar-refractivity contribution in [2.45, 2.75) is 70.1 Å². The maximum atomic E-state index is 15.0. The summed E-state index contributed by atoms with van der Waals surface area (Å²) in [5.74, 6) is -2.32. The van der Waals surface area contributed by atoms with Crippen LogP contribution in [-0.4, -0.2) is 74.5 Å². The molecule has 1 aromatic rings. The third-order valence-corrected chi connectivity index (χ3v) is 6.90. The first-order valence-electron chi connectivity index (χ1n) is 10.8. The van der Waals surface area contributed by atoms with Crippen LogP contribution in [0.4, 0.5) is 4.39 Å². The zero-order chi connectivity index (χ0) is 28.1. The number of rotatable bonds is 12. The molecule has 1 saturated heterocycles. The van der Waals surface area contributed by atoms with Gasteiger partial charge in [-0.05, 0) is 33.2 Å². The van der Waals surface area contributed by atoms with E-state index in [4.69, 9.17) is 19.5 Å². The van der Waals surface area contributed by atoms with E-state index in [0.29, 0.717) is 4.57 Å². The van der Waals surface area contributed by atoms with Crippen molar-refractivity contribution in [2.75, 3.05) is 6.61 Å². The second kappa shape index (κ2) is 12.0. The maximum absolute atomic E-state index is 15.0. The molecule has 1 fully saturated rings. The molecule has 1 unspecified atom stereocenters. The first kappa shape index (κ1) is 30.1. The fraction of sp³-hybridized carbons (Fsp3) is 0.667. The molecule has 0 bridgehead atoms. The molecule has 206 valence electrons. The van der Waals surface area contributed by atoms with Gasteiger partial charge in [0.15, 0.2) is 12.4 Å². The van der Waals surface area contributed by atoms with Gasteiger partial charge in [0.2, 0.25) is 5.72 Å². The van der Waals surface area contributed by atoms with Gasteiger partial charge in [-0.1, -0.05) is 5.11 Å². The number of nitrogens with zero attached hydrogens (tertiary/aromatic N) is 4. The van der Waals surface area contributed by atoms with E-state index < -0.39 is 79.9 Å². The largest absolute Gasteiger partial charge is 0.480 e. The van der Waals surface area contributed by atoms with Crippen molar-refractivity contribution in [3.05, 3.63) is 43.5 Å². The molecule has 2 rings (SSSR count). The molecule has 37 heavy (non-hydrogen) atoms. The number of ether oxygens (including phenoxy) is 2. The van der Waals surface area contributed by atoms with Gasteiger partial charge < -0.3 is 24.2 Å². The van der Waals surface area contributed by atoms with Gasteiger partial charge in [0.1, 0.15) is 18.2 Å². The number of halogens is 1. The number of aromatic amines is 1. The number of hydrogen-bond donors (Lipinski definition) is 5. The minimum atomic E-state index is -4.55. The summed E-state index contributed by atoms with van der Waals surface area (Å²) in [4.78, 5) is 51.3. The Bertz CT molecular complexity index is 1220. The Morgan fingerprint density at radius 2 is 1.97 bits per heavy atom. The number of alkyl halides is 1. The quantitative estimate of drug-likeness (QED) is 0.0750. The summed E-state index contributed by atoms with van der Waals surface area (Å²) in [7, 11) is -4.55. The summed E-state index contributed by atoms with van der Waals surface area (Å²) in [6.45, 7) is 4.34. The van der Waals surface area contributed by atoms with Crippen molar-refractivity contribution in [3.8, 4) is 0 Å². The lowest BCUT2D eigenvalue weighted by atomic mass is 10.1. The summed E-state index contributed by atoms with van der Waals surface area (Å²) in [5, 5.41) is 27.4. The first-order chi connectivity index (χ1) is 17.1. The number of aromatic nitrogens is 2. The van der Waals surface area contributed by atoms with Gasteiger partial charge >= 0.3 is 25.3 Å². The fourth-order valence-corrected chi connectivity index (χ4v) is 4.97. The second-order valence-electron chi connectivity index (χ2n) is 8.30. The monoisotopic (exact) mass is 551 g/mol. The number of aliphatic hydroxyl groups excluding tert-OH is 1. The minimum absolute atomic E-state index is 0.534. The summed E-state index contributed by atoms with van der Waals surface area (Å²) >= 11 is 0. The van der Waals surface area contributed by atoms with Crippen LogP contribution < -0.4 is 21.4 Å². The van der Waals surface area contributed by atoms with Gasteiger partial charge in [-0.25, -0.2) is 19.4 Å². The van der Waals surface area contributed by atoms with Gasteiger partial charge in [0, 0.05) is 17.2 Å². The molecule has 1 aliphatic heterocycles. The summed E-state index contributed by atoms with van der Waals surface area (Å²) in [6.07, 6.45) is -6.25. The van der Waals surface area contributed by atoms with Crippen molar-refractivity contribution in [3.63, 3.8) is 0 Å². The summed E-state index contributed by atoms with van der Waals surface area (Å²) in [6, 6.07) is -1.94. The lowest BCUT2D eigenvalue weighted by molar-refractivity contribution is -0.149. The Morgan fingerprint density at radius 3 is 2.51 bits per heavy atom. The zero-order valence-corrected chi connectivity index (χ0v) is 21.0. The maximum Gasteiger partial charge on any atom is 0.342 e. The summed E-state index contributed by atoms with van der Waals surface area (Å²) in [5.41, 5.74) is 4.52. The van der Waals surface area contributed by atoms with Gasteiger partial charge in [0.05, 0.1) is 12.7 Å². The van der Waals surface area contributed by atoms with Crippen LogP contribution in [0.25, 0.3) is 10.4 Å². The number of carbonyl (C=O) groups excluding carboxylic acids is 1. The molecule has 1 aromatic heterocycles. The highest BCUT2D eigenvalue weighted by Gasteiger charge is 2.57. The van der Waals surface area contributed by atoms with E-state index in [1.807, 2.05) is 4.98 Å². The Morgan fingerprint density at radius 1 is 1.35 bits per heavy atom. The van der Waals surface area contributed by atoms with Crippen LogP contribution >= 0.6 is 7.67 Å². The zero-order valence-electron chi connectivity index (χ0n) is 20.1. The van der Waals surface area contributed by atoms with Gasteiger partial charge in [0.25, 0.3) is 5.56 Å². The number of aliphatic carboxylic acids is 1. The summed E-state index contributed by atoms with van der Waals surface area (Å²) < 4.78 is 44.7. The van der Waals surface area contributed by atoms with Crippen LogP contribution in [0.2, 0.25) is 0 Å². The molecule has 0 aliphatic carbocycles. The highest BCUT2D eigenvalue weighted by atomic mass is 31.2. The van der Waals surface area contributed by atoms with Crippen molar-refractivity contribution in [2.24, 2.45) is 5.11 Å². The number of carboxylic acids is 1. The van der Waals surface area contributed by atoms with E-state index >= 15 is 4.39 Å². The average Bonchev–Trinajstić information content (AvgIpc) is 3.03. The molecule has 0 saturated carbocycles. The number of carboxylic acid groups (broad SMARTS) is 1. The van der Waals surface area contributed by atoms with Crippen LogP contribution in [0.5, 0.6) is 0 Å². The van der Waals surface area contributed by atoms with Crippen molar-refractivity contribution in [1.82, 2.24) is 19.7 Å². The lowest BCUT2D eigenvalue weighted by Crippen LogP contribution is -2.47. The molecule has 0 amide bonds. The normalized spacial score (nSPS) is 26.6. The van der Waals surface area contributed by atoms with Gasteiger partial charge in [-0.3, -0.25) is 28.5 Å². The fourth-order valence-electron chi connectivity index (χ4n) is 3.14. The molecular formula is C18H27FN7O10P. The highest BCUT2D eigenvalue weighted by molar-refractivity contribution is 7.54. The highest BCUT2D eigenvalue weighted by Crippen LogP contribution is 2.45. The Hall–Kier alpha value is -3.11. The number of azide groups is 1. The van der Waals surface area contributed by atoms with Crippen molar-refractivity contribution in [1.29, 1.82) is 0 Å². The number of esters is 1. The Balaban J connectivity index is 2.38. The Kier molecular flexibility index (Phi) is 9.73. The topological polar surface area (TPSA) is 247 Å². The van der Waals surface area contributed by atoms with E-state index in [0.717, 1.165) is 19.2 Å². The molecule has 0 aromatic carbocycles. The van der Waals surface area contributed by atoms with E-state index in [1.54, 1.807) is 13.8 Å². The number of H-pyrrole nitrogens is 1. The van der Waals surface area contributed by atoms with Gasteiger partial charge in [-0.15, -0.1) is 0 Å². The number of hydrogen-bond acceptors (Lipinski definition) is 10. The van der Waals surface area contributed by atoms with Crippen LogP contribution in [0.15, 0.2) is 27.0 Å². The molecule has 0 spiro atoms. The molecule has 0 radical (unpaired) electrons. The molecule has 7 atom stereocenters. The second-order valence-corrected chi connectivity index (χ2v) is 10.2. The molecule has 17 nitrogen and oxygen atoms in total. The number of aliphatic hydroxyl groups is 1. The SMILES string of the molecule is CC(C)OC(=O)[C@@H](C)NP(=O)(N[C@@H](C)C(=O)O)OC[C@]1(N=[N+]=[N-])O[C@H](n2ccc(=O)[nH]c2=O)[C@@H](F)[C@H]1O. The molecule has 1 aliphatic rings. The third-order valence-electron chi connectivity index (χ3n) is 4.96. The van der Waals surface area contributed by atoms with E-state index in [-0.39, 0.29) is 0 Å². The van der Waals surface area contributed by atoms with Crippen molar-refractivity contribution >= 4 is 19.6 Å².